The van der Waals surface area contributed by atoms with E-state index < -0.39 is 10.8 Å². The Morgan fingerprint density at radius 2 is 2.00 bits per heavy atom. The molecule has 0 amide bonds. The molecule has 0 bridgehead atoms. The monoisotopic (exact) mass is 237 g/mol. The normalized spacial score (nSPS) is 33.5. The molecule has 3 heteroatoms. The summed E-state index contributed by atoms with van der Waals surface area (Å²) in [5.41, 5.74) is 2.36. The van der Waals surface area contributed by atoms with Crippen LogP contribution in [0.4, 0.5) is 0 Å². The summed E-state index contributed by atoms with van der Waals surface area (Å²) in [4.78, 5) is 1.05. The van der Waals surface area contributed by atoms with Gasteiger partial charge in [-0.1, -0.05) is 32.0 Å². The molecule has 2 nitrogen and oxygen atoms in total. The zero-order valence-corrected chi connectivity index (χ0v) is 11.1. The molecule has 2 rings (SSSR count). The van der Waals surface area contributed by atoms with Crippen molar-refractivity contribution in [2.24, 2.45) is 5.92 Å². The molecular weight excluding hydrogens is 218 g/mol. The van der Waals surface area contributed by atoms with Crippen LogP contribution < -0.4 is 5.32 Å². The Hall–Kier alpha value is -0.670. The van der Waals surface area contributed by atoms with E-state index in [1.54, 1.807) is 0 Å². The molecule has 16 heavy (non-hydrogen) atoms. The summed E-state index contributed by atoms with van der Waals surface area (Å²) in [5, 5.41) is 3.57. The molecule has 1 aliphatic rings. The van der Waals surface area contributed by atoms with E-state index in [1.807, 2.05) is 20.0 Å². The minimum Gasteiger partial charge on any atom is -0.313 e. The predicted octanol–water partition coefficient (Wildman–Crippen LogP) is 2.40. The van der Waals surface area contributed by atoms with Gasteiger partial charge in [0, 0.05) is 16.2 Å². The molecule has 0 aliphatic carbocycles. The van der Waals surface area contributed by atoms with Crippen LogP contribution >= 0.6 is 0 Å². The van der Waals surface area contributed by atoms with Crippen molar-refractivity contribution in [3.8, 4) is 0 Å². The second kappa shape index (κ2) is 4.30. The first kappa shape index (κ1) is 11.8. The molecule has 1 aromatic rings. The van der Waals surface area contributed by atoms with Gasteiger partial charge in [0.25, 0.3) is 0 Å². The molecule has 0 saturated carbocycles. The van der Waals surface area contributed by atoms with Crippen molar-refractivity contribution >= 4 is 10.8 Å². The second-order valence-corrected chi connectivity index (χ2v) is 6.37. The van der Waals surface area contributed by atoms with Gasteiger partial charge in [-0.25, -0.2) is 0 Å². The topological polar surface area (TPSA) is 29.1 Å². The lowest BCUT2D eigenvalue weighted by Crippen LogP contribution is -2.38. The number of rotatable bonds is 1. The molecule has 4 unspecified atom stereocenters. The van der Waals surface area contributed by atoms with Crippen LogP contribution in [-0.2, 0) is 10.8 Å². The van der Waals surface area contributed by atoms with Gasteiger partial charge >= 0.3 is 0 Å². The summed E-state index contributed by atoms with van der Waals surface area (Å²) < 4.78 is 12.4. The summed E-state index contributed by atoms with van der Waals surface area (Å²) in [7, 11) is 1.12. The standard InChI is InChI=1S/C13H19NOS/c1-8-6-5-7-11-12(14-4)9(2)10(3)16(15)13(8)11/h5-7,9-10,12,14H,1-4H3. The third-order valence-electron chi connectivity index (χ3n) is 3.69. The summed E-state index contributed by atoms with van der Waals surface area (Å²) >= 11 is 0. The zero-order chi connectivity index (χ0) is 11.9. The Balaban J connectivity index is 2.62. The van der Waals surface area contributed by atoms with E-state index in [1.165, 1.54) is 5.56 Å². The maximum absolute atomic E-state index is 12.4. The van der Waals surface area contributed by atoms with Crippen molar-refractivity contribution in [1.82, 2.24) is 5.32 Å². The molecule has 0 radical (unpaired) electrons. The highest BCUT2D eigenvalue weighted by molar-refractivity contribution is 7.85. The Kier molecular flexibility index (Phi) is 3.17. The number of benzene rings is 1. The number of hydrogen-bond acceptors (Lipinski definition) is 2. The third-order valence-corrected chi connectivity index (χ3v) is 5.76. The maximum atomic E-state index is 12.4. The van der Waals surface area contributed by atoms with Crippen LogP contribution in [-0.4, -0.2) is 16.5 Å². The van der Waals surface area contributed by atoms with Crippen molar-refractivity contribution < 1.29 is 4.21 Å². The fourth-order valence-electron chi connectivity index (χ4n) is 2.55. The van der Waals surface area contributed by atoms with Gasteiger partial charge in [0.2, 0.25) is 0 Å². The first-order chi connectivity index (χ1) is 7.57. The van der Waals surface area contributed by atoms with Gasteiger partial charge in [0.15, 0.2) is 0 Å². The van der Waals surface area contributed by atoms with Crippen LogP contribution in [0.1, 0.15) is 31.0 Å². The fraction of sp³-hybridized carbons (Fsp3) is 0.538. The number of fused-ring (bicyclic) bond motifs is 1. The smallest absolute Gasteiger partial charge is 0.0567 e. The van der Waals surface area contributed by atoms with Crippen molar-refractivity contribution in [1.29, 1.82) is 0 Å². The number of aryl methyl sites for hydroxylation is 1. The summed E-state index contributed by atoms with van der Waals surface area (Å²) in [6, 6.07) is 6.52. The van der Waals surface area contributed by atoms with Crippen LogP contribution in [0, 0.1) is 12.8 Å². The summed E-state index contributed by atoms with van der Waals surface area (Å²) in [6.45, 7) is 6.31. The highest BCUT2D eigenvalue weighted by Gasteiger charge is 2.36. The van der Waals surface area contributed by atoms with Crippen molar-refractivity contribution in [2.75, 3.05) is 7.05 Å². The highest BCUT2D eigenvalue weighted by atomic mass is 32.2. The second-order valence-electron chi connectivity index (χ2n) is 4.62. The van der Waals surface area contributed by atoms with E-state index in [2.05, 4.69) is 31.3 Å². The Labute approximate surface area is 99.9 Å². The SMILES string of the molecule is CNC1c2cccc(C)c2S(=O)C(C)C1C. The number of hydrogen-bond donors (Lipinski definition) is 1. The van der Waals surface area contributed by atoms with Crippen LogP contribution in [0.25, 0.3) is 0 Å². The van der Waals surface area contributed by atoms with Gasteiger partial charge < -0.3 is 5.32 Å². The van der Waals surface area contributed by atoms with E-state index in [0.717, 1.165) is 10.5 Å². The van der Waals surface area contributed by atoms with Crippen LogP contribution in [0.3, 0.4) is 0 Å². The first-order valence-corrected chi connectivity index (χ1v) is 6.96. The van der Waals surface area contributed by atoms with Gasteiger partial charge in [-0.2, -0.15) is 0 Å². The first-order valence-electron chi connectivity index (χ1n) is 5.75. The molecule has 88 valence electrons. The quantitative estimate of drug-likeness (QED) is 0.812. The fourth-order valence-corrected chi connectivity index (χ4v) is 4.28. The van der Waals surface area contributed by atoms with Gasteiger partial charge in [-0.3, -0.25) is 4.21 Å². The van der Waals surface area contributed by atoms with Crippen molar-refractivity contribution in [2.45, 2.75) is 37.0 Å². The van der Waals surface area contributed by atoms with Crippen LogP contribution in [0.15, 0.2) is 23.1 Å². The van der Waals surface area contributed by atoms with Gasteiger partial charge in [-0.15, -0.1) is 0 Å². The Morgan fingerprint density at radius 3 is 2.62 bits per heavy atom. The lowest BCUT2D eigenvalue weighted by atomic mass is 9.90. The molecular formula is C13H19NOS. The van der Waals surface area contributed by atoms with Gasteiger partial charge in [0.1, 0.15) is 0 Å². The van der Waals surface area contributed by atoms with Crippen LogP contribution in [0.2, 0.25) is 0 Å². The van der Waals surface area contributed by atoms with Crippen molar-refractivity contribution in [3.63, 3.8) is 0 Å². The zero-order valence-electron chi connectivity index (χ0n) is 10.3. The lowest BCUT2D eigenvalue weighted by Gasteiger charge is -2.35. The van der Waals surface area contributed by atoms with E-state index >= 15 is 0 Å². The molecule has 0 fully saturated rings. The predicted molar refractivity (Wildman–Crippen MR) is 68.0 cm³/mol. The molecule has 1 heterocycles. The Bertz CT molecular complexity index is 430. The molecule has 1 N–H and O–H groups in total. The van der Waals surface area contributed by atoms with E-state index in [-0.39, 0.29) is 5.25 Å². The largest absolute Gasteiger partial charge is 0.313 e. The van der Waals surface area contributed by atoms with Crippen LogP contribution in [0.5, 0.6) is 0 Å². The van der Waals surface area contributed by atoms with E-state index in [4.69, 9.17) is 0 Å². The minimum absolute atomic E-state index is 0.214. The summed E-state index contributed by atoms with van der Waals surface area (Å²) in [5.74, 6) is 0.403. The maximum Gasteiger partial charge on any atom is 0.0567 e. The van der Waals surface area contributed by atoms with E-state index in [0.29, 0.717) is 12.0 Å². The van der Waals surface area contributed by atoms with Gasteiger partial charge in [-0.05, 0) is 31.0 Å². The van der Waals surface area contributed by atoms with Gasteiger partial charge in [0.05, 0.1) is 10.8 Å². The Morgan fingerprint density at radius 1 is 1.31 bits per heavy atom. The average Bonchev–Trinajstić information content (AvgIpc) is 2.27. The highest BCUT2D eigenvalue weighted by Crippen LogP contribution is 2.39. The molecule has 1 aromatic carbocycles. The molecule has 1 aliphatic heterocycles. The lowest BCUT2D eigenvalue weighted by molar-refractivity contribution is 0.388. The average molecular weight is 237 g/mol. The minimum atomic E-state index is -0.864. The molecule has 0 aromatic heterocycles. The van der Waals surface area contributed by atoms with E-state index in [9.17, 15) is 4.21 Å². The molecule has 0 spiro atoms. The summed E-state index contributed by atoms with van der Waals surface area (Å²) in [6.07, 6.45) is 0. The van der Waals surface area contributed by atoms with Crippen molar-refractivity contribution in [3.05, 3.63) is 29.3 Å². The number of nitrogens with one attached hydrogen (secondary N) is 1. The molecule has 0 saturated heterocycles. The molecule has 4 atom stereocenters. The third kappa shape index (κ3) is 1.62.